The van der Waals surface area contributed by atoms with E-state index in [1.54, 1.807) is 0 Å². The molecule has 4 nitrogen and oxygen atoms in total. The smallest absolute Gasteiger partial charge is 0.314 e. The molecule has 2 rings (SSSR count). The Hall–Kier alpha value is -1.55. The predicted octanol–water partition coefficient (Wildman–Crippen LogP) is 2.31. The number of urea groups is 1. The minimum Gasteiger partial charge on any atom is -0.388 e. The van der Waals surface area contributed by atoms with Crippen molar-refractivity contribution in [2.75, 3.05) is 13.1 Å². The molecule has 4 heteroatoms. The van der Waals surface area contributed by atoms with Gasteiger partial charge in [-0.05, 0) is 37.7 Å². The van der Waals surface area contributed by atoms with Crippen LogP contribution in [-0.2, 0) is 0 Å². The van der Waals surface area contributed by atoms with Gasteiger partial charge in [-0.25, -0.2) is 4.79 Å². The van der Waals surface area contributed by atoms with Crippen LogP contribution in [-0.4, -0.2) is 29.8 Å². The minimum atomic E-state index is -0.667. The third-order valence-corrected chi connectivity index (χ3v) is 4.04. The van der Waals surface area contributed by atoms with Gasteiger partial charge in [0.05, 0.1) is 5.60 Å². The molecule has 0 heterocycles. The van der Waals surface area contributed by atoms with Crippen LogP contribution in [0.4, 0.5) is 4.79 Å². The average molecular weight is 276 g/mol. The molecule has 0 aliphatic heterocycles. The molecule has 3 N–H and O–H groups in total. The molecular weight excluding hydrogens is 252 g/mol. The molecule has 0 aromatic heterocycles. The van der Waals surface area contributed by atoms with E-state index in [2.05, 4.69) is 42.7 Å². The zero-order valence-corrected chi connectivity index (χ0v) is 12.3. The lowest BCUT2D eigenvalue weighted by Gasteiger charge is -2.36. The van der Waals surface area contributed by atoms with Crippen LogP contribution in [0.5, 0.6) is 0 Å². The molecule has 1 aliphatic rings. The Balaban J connectivity index is 1.72. The SMILES string of the molecule is Cc1cccc(C(C)CNC(=O)NCC2(O)CCC2)c1. The van der Waals surface area contributed by atoms with Gasteiger partial charge >= 0.3 is 6.03 Å². The molecule has 0 saturated heterocycles. The molecule has 110 valence electrons. The van der Waals surface area contributed by atoms with Crippen molar-refractivity contribution < 1.29 is 9.90 Å². The number of nitrogens with one attached hydrogen (secondary N) is 2. The van der Waals surface area contributed by atoms with Crippen molar-refractivity contribution in [3.63, 3.8) is 0 Å². The number of hydrogen-bond acceptors (Lipinski definition) is 2. The van der Waals surface area contributed by atoms with E-state index in [-0.39, 0.29) is 11.9 Å². The van der Waals surface area contributed by atoms with Crippen LogP contribution in [0.2, 0.25) is 0 Å². The summed E-state index contributed by atoms with van der Waals surface area (Å²) in [6, 6.07) is 8.11. The van der Waals surface area contributed by atoms with Gasteiger partial charge in [-0.2, -0.15) is 0 Å². The van der Waals surface area contributed by atoms with Crippen molar-refractivity contribution in [2.45, 2.75) is 44.6 Å². The summed E-state index contributed by atoms with van der Waals surface area (Å²) in [5, 5.41) is 15.5. The van der Waals surface area contributed by atoms with E-state index in [0.717, 1.165) is 19.3 Å². The van der Waals surface area contributed by atoms with Crippen LogP contribution in [0.25, 0.3) is 0 Å². The first-order valence-corrected chi connectivity index (χ1v) is 7.29. The first kappa shape index (κ1) is 14.9. The first-order valence-electron chi connectivity index (χ1n) is 7.29. The fourth-order valence-corrected chi connectivity index (χ4v) is 2.41. The third kappa shape index (κ3) is 3.97. The maximum absolute atomic E-state index is 11.7. The van der Waals surface area contributed by atoms with Crippen LogP contribution in [0.1, 0.15) is 43.2 Å². The average Bonchev–Trinajstić information content (AvgIpc) is 2.40. The van der Waals surface area contributed by atoms with E-state index in [9.17, 15) is 9.90 Å². The van der Waals surface area contributed by atoms with Crippen LogP contribution in [0.3, 0.4) is 0 Å². The maximum Gasteiger partial charge on any atom is 0.314 e. The maximum atomic E-state index is 11.7. The van der Waals surface area contributed by atoms with Gasteiger partial charge in [0.2, 0.25) is 0 Å². The molecule has 1 atom stereocenters. The van der Waals surface area contributed by atoms with Crippen molar-refractivity contribution in [3.8, 4) is 0 Å². The van der Waals surface area contributed by atoms with Gasteiger partial charge in [-0.3, -0.25) is 0 Å². The number of amides is 2. The Morgan fingerprint density at radius 1 is 1.40 bits per heavy atom. The Bertz CT molecular complexity index is 469. The van der Waals surface area contributed by atoms with Crippen molar-refractivity contribution >= 4 is 6.03 Å². The van der Waals surface area contributed by atoms with Crippen molar-refractivity contribution in [1.29, 1.82) is 0 Å². The summed E-state index contributed by atoms with van der Waals surface area (Å²) in [7, 11) is 0. The number of aliphatic hydroxyl groups is 1. The Kier molecular flexibility index (Phi) is 4.65. The summed E-state index contributed by atoms with van der Waals surface area (Å²) < 4.78 is 0. The first-order chi connectivity index (χ1) is 9.48. The van der Waals surface area contributed by atoms with Crippen LogP contribution in [0, 0.1) is 6.92 Å². The Morgan fingerprint density at radius 3 is 2.75 bits per heavy atom. The summed E-state index contributed by atoms with van der Waals surface area (Å²) in [5.41, 5.74) is 1.79. The number of rotatable bonds is 5. The van der Waals surface area contributed by atoms with E-state index < -0.39 is 5.60 Å². The van der Waals surface area contributed by atoms with Gasteiger partial charge in [0, 0.05) is 13.1 Å². The zero-order chi connectivity index (χ0) is 14.6. The van der Waals surface area contributed by atoms with Crippen molar-refractivity contribution in [2.24, 2.45) is 0 Å². The molecule has 0 bridgehead atoms. The van der Waals surface area contributed by atoms with Crippen LogP contribution in [0.15, 0.2) is 24.3 Å². The molecule has 0 radical (unpaired) electrons. The number of carbonyl (C=O) groups is 1. The van der Waals surface area contributed by atoms with Crippen LogP contribution >= 0.6 is 0 Å². The number of aryl methyl sites for hydroxylation is 1. The number of carbonyl (C=O) groups excluding carboxylic acids is 1. The Morgan fingerprint density at radius 2 is 2.15 bits per heavy atom. The monoisotopic (exact) mass is 276 g/mol. The zero-order valence-electron chi connectivity index (χ0n) is 12.3. The molecular formula is C16H24N2O2. The van der Waals surface area contributed by atoms with Gasteiger partial charge in [-0.15, -0.1) is 0 Å². The lowest BCUT2D eigenvalue weighted by molar-refractivity contribution is -0.0290. The third-order valence-electron chi connectivity index (χ3n) is 4.04. The lowest BCUT2D eigenvalue weighted by atomic mass is 9.80. The summed E-state index contributed by atoms with van der Waals surface area (Å²) in [6.07, 6.45) is 2.62. The quantitative estimate of drug-likeness (QED) is 0.773. The summed E-state index contributed by atoms with van der Waals surface area (Å²) in [6.45, 7) is 5.09. The van der Waals surface area contributed by atoms with Gasteiger partial charge in [0.25, 0.3) is 0 Å². The molecule has 1 aliphatic carbocycles. The summed E-state index contributed by atoms with van der Waals surface area (Å²) >= 11 is 0. The highest BCUT2D eigenvalue weighted by molar-refractivity contribution is 5.74. The molecule has 1 aromatic carbocycles. The van der Waals surface area contributed by atoms with Crippen molar-refractivity contribution in [1.82, 2.24) is 10.6 Å². The molecule has 2 amide bonds. The van der Waals surface area contributed by atoms with E-state index in [1.165, 1.54) is 11.1 Å². The van der Waals surface area contributed by atoms with Crippen molar-refractivity contribution in [3.05, 3.63) is 35.4 Å². The lowest BCUT2D eigenvalue weighted by Crippen LogP contribution is -2.50. The predicted molar refractivity (Wildman–Crippen MR) is 79.8 cm³/mol. The van der Waals surface area contributed by atoms with E-state index in [1.807, 2.05) is 6.07 Å². The second-order valence-electron chi connectivity index (χ2n) is 5.96. The van der Waals surface area contributed by atoms with Gasteiger partial charge in [-0.1, -0.05) is 36.8 Å². The number of benzene rings is 1. The summed E-state index contributed by atoms with van der Waals surface area (Å²) in [5.74, 6) is 0.271. The second-order valence-corrected chi connectivity index (χ2v) is 5.96. The molecule has 1 fully saturated rings. The van der Waals surface area contributed by atoms with Gasteiger partial charge < -0.3 is 15.7 Å². The van der Waals surface area contributed by atoms with Gasteiger partial charge in [0.1, 0.15) is 0 Å². The van der Waals surface area contributed by atoms with E-state index in [4.69, 9.17) is 0 Å². The van der Waals surface area contributed by atoms with Gasteiger partial charge in [0.15, 0.2) is 0 Å². The van der Waals surface area contributed by atoms with Crippen LogP contribution < -0.4 is 10.6 Å². The normalized spacial score (nSPS) is 17.9. The molecule has 1 aromatic rings. The van der Waals surface area contributed by atoms with E-state index in [0.29, 0.717) is 13.1 Å². The largest absolute Gasteiger partial charge is 0.388 e. The second kappa shape index (κ2) is 6.27. The highest BCUT2D eigenvalue weighted by Crippen LogP contribution is 2.30. The fourth-order valence-electron chi connectivity index (χ4n) is 2.41. The number of hydrogen-bond donors (Lipinski definition) is 3. The fraction of sp³-hybridized carbons (Fsp3) is 0.562. The topological polar surface area (TPSA) is 61.4 Å². The molecule has 0 spiro atoms. The molecule has 20 heavy (non-hydrogen) atoms. The van der Waals surface area contributed by atoms with E-state index >= 15 is 0 Å². The highest BCUT2D eigenvalue weighted by atomic mass is 16.3. The highest BCUT2D eigenvalue weighted by Gasteiger charge is 2.34. The molecule has 1 unspecified atom stereocenters. The minimum absolute atomic E-state index is 0.204. The molecule has 1 saturated carbocycles. The standard InChI is InChI=1S/C16H24N2O2/c1-12-5-3-6-14(9-12)13(2)10-17-15(19)18-11-16(20)7-4-8-16/h3,5-6,9,13,20H,4,7-8,10-11H2,1-2H3,(H2,17,18,19). The Labute approximate surface area is 120 Å². The summed E-state index contributed by atoms with van der Waals surface area (Å²) in [4.78, 5) is 11.7.